The molecule has 0 fully saturated rings. The molecule has 8 heteroatoms. The molecule has 0 aliphatic heterocycles. The van der Waals surface area contributed by atoms with Gasteiger partial charge in [0.15, 0.2) is 18.1 Å². The highest BCUT2D eigenvalue weighted by atomic mass is 16.5. The molecule has 1 amide bonds. The molecule has 8 nitrogen and oxygen atoms in total. The lowest BCUT2D eigenvalue weighted by atomic mass is 10.1. The van der Waals surface area contributed by atoms with E-state index in [1.165, 1.54) is 27.4 Å². The Balaban J connectivity index is 1.63. The van der Waals surface area contributed by atoms with Crippen LogP contribution in [0.25, 0.3) is 11.0 Å². The fraction of sp³-hybridized carbons (Fsp3) is 0.273. The second kappa shape index (κ2) is 9.21. The van der Waals surface area contributed by atoms with Gasteiger partial charge in [0.25, 0.3) is 5.91 Å². The van der Waals surface area contributed by atoms with E-state index < -0.39 is 18.5 Å². The molecule has 1 N–H and O–H groups in total. The van der Waals surface area contributed by atoms with E-state index in [1.807, 2.05) is 30.3 Å². The third-order valence-corrected chi connectivity index (χ3v) is 4.51. The van der Waals surface area contributed by atoms with Crippen molar-refractivity contribution in [2.24, 2.45) is 0 Å². The Morgan fingerprint density at radius 1 is 1.00 bits per heavy atom. The van der Waals surface area contributed by atoms with E-state index in [1.54, 1.807) is 13.0 Å². The first-order valence-corrected chi connectivity index (χ1v) is 9.22. The Morgan fingerprint density at radius 3 is 2.40 bits per heavy atom. The molecule has 0 unspecified atom stereocenters. The third-order valence-electron chi connectivity index (χ3n) is 4.51. The smallest absolute Gasteiger partial charge is 0.342 e. The summed E-state index contributed by atoms with van der Waals surface area (Å²) in [6.07, 6.45) is 0. The van der Waals surface area contributed by atoms with Crippen LogP contribution in [0, 0.1) is 0 Å². The van der Waals surface area contributed by atoms with Crippen molar-refractivity contribution in [1.82, 2.24) is 5.32 Å². The van der Waals surface area contributed by atoms with Crippen molar-refractivity contribution in [3.05, 3.63) is 53.8 Å². The first kappa shape index (κ1) is 21.0. The summed E-state index contributed by atoms with van der Waals surface area (Å²) in [4.78, 5) is 24.7. The van der Waals surface area contributed by atoms with Crippen LogP contribution in [0.3, 0.4) is 0 Å². The number of esters is 1. The van der Waals surface area contributed by atoms with Gasteiger partial charge in [-0.15, -0.1) is 0 Å². The summed E-state index contributed by atoms with van der Waals surface area (Å²) in [5, 5.41) is 3.69. The Labute approximate surface area is 173 Å². The van der Waals surface area contributed by atoms with Crippen LogP contribution in [0.15, 0.2) is 46.9 Å². The van der Waals surface area contributed by atoms with Gasteiger partial charge in [0.1, 0.15) is 16.9 Å². The summed E-state index contributed by atoms with van der Waals surface area (Å²) in [6.45, 7) is 1.33. The minimum atomic E-state index is -0.723. The van der Waals surface area contributed by atoms with Crippen LogP contribution in [-0.4, -0.2) is 39.8 Å². The number of ether oxygens (including phenoxy) is 4. The number of rotatable bonds is 8. The number of nitrogens with one attached hydrogen (secondary N) is 1. The molecule has 0 bridgehead atoms. The summed E-state index contributed by atoms with van der Waals surface area (Å²) in [7, 11) is 4.31. The zero-order valence-corrected chi connectivity index (χ0v) is 17.2. The van der Waals surface area contributed by atoms with Gasteiger partial charge in [-0.2, -0.15) is 0 Å². The molecule has 0 spiro atoms. The minimum Gasteiger partial charge on any atom is -0.493 e. The fourth-order valence-electron chi connectivity index (χ4n) is 3.04. The first-order valence-electron chi connectivity index (χ1n) is 9.22. The van der Waals surface area contributed by atoms with Gasteiger partial charge in [-0.1, -0.05) is 18.2 Å². The van der Waals surface area contributed by atoms with Crippen LogP contribution in [-0.2, 0) is 9.53 Å². The van der Waals surface area contributed by atoms with Crippen LogP contribution in [0.4, 0.5) is 0 Å². The summed E-state index contributed by atoms with van der Waals surface area (Å²) >= 11 is 0. The standard InChI is InChI=1S/C22H23NO7/c1-13(18-11-14-7-5-6-8-16(14)30-18)23-19(24)12-29-22(25)15-9-10-17(26-2)21(28-4)20(15)27-3/h5-11,13H,12H2,1-4H3,(H,23,24)/t13-/m1/s1. The van der Waals surface area contributed by atoms with Crippen molar-refractivity contribution in [3.63, 3.8) is 0 Å². The molecule has 2 aromatic carbocycles. The maximum Gasteiger partial charge on any atom is 0.342 e. The molecule has 0 saturated carbocycles. The molecular formula is C22H23NO7. The Bertz CT molecular complexity index is 1020. The fourth-order valence-corrected chi connectivity index (χ4v) is 3.04. The van der Waals surface area contributed by atoms with Crippen molar-refractivity contribution in [2.45, 2.75) is 13.0 Å². The highest BCUT2D eigenvalue weighted by Gasteiger charge is 2.23. The number of hydrogen-bond acceptors (Lipinski definition) is 7. The van der Waals surface area contributed by atoms with E-state index in [0.29, 0.717) is 11.5 Å². The van der Waals surface area contributed by atoms with E-state index in [0.717, 1.165) is 11.0 Å². The lowest BCUT2D eigenvalue weighted by Gasteiger charge is -2.15. The highest BCUT2D eigenvalue weighted by molar-refractivity contribution is 5.95. The SMILES string of the molecule is COc1ccc(C(=O)OCC(=O)N[C@H](C)c2cc3ccccc3o2)c(OC)c1OC. The molecule has 0 radical (unpaired) electrons. The average molecular weight is 413 g/mol. The van der Waals surface area contributed by atoms with Gasteiger partial charge >= 0.3 is 5.97 Å². The van der Waals surface area contributed by atoms with E-state index >= 15 is 0 Å². The topological polar surface area (TPSA) is 96.2 Å². The predicted octanol–water partition coefficient (Wildman–Crippen LogP) is 3.49. The molecule has 1 atom stereocenters. The number of carbonyl (C=O) groups is 2. The van der Waals surface area contributed by atoms with Crippen LogP contribution in [0.1, 0.15) is 29.1 Å². The summed E-state index contributed by atoms with van der Waals surface area (Å²) in [5.41, 5.74) is 0.855. The van der Waals surface area contributed by atoms with Crippen LogP contribution in [0.2, 0.25) is 0 Å². The van der Waals surface area contributed by atoms with E-state index in [2.05, 4.69) is 5.32 Å². The van der Waals surface area contributed by atoms with E-state index in [9.17, 15) is 9.59 Å². The first-order chi connectivity index (χ1) is 14.5. The number of amides is 1. The van der Waals surface area contributed by atoms with Gasteiger partial charge in [-0.25, -0.2) is 4.79 Å². The quantitative estimate of drug-likeness (QED) is 0.565. The maximum atomic E-state index is 12.5. The van der Waals surface area contributed by atoms with Crippen molar-refractivity contribution < 1.29 is 33.0 Å². The molecular weight excluding hydrogens is 390 g/mol. The molecule has 30 heavy (non-hydrogen) atoms. The summed E-state index contributed by atoms with van der Waals surface area (Å²) < 4.78 is 26.6. The zero-order valence-electron chi connectivity index (χ0n) is 17.2. The zero-order chi connectivity index (χ0) is 21.7. The molecule has 0 aliphatic carbocycles. The van der Waals surface area contributed by atoms with Gasteiger partial charge in [0.2, 0.25) is 5.75 Å². The normalized spacial score (nSPS) is 11.6. The van der Waals surface area contributed by atoms with Gasteiger partial charge < -0.3 is 28.7 Å². The summed E-state index contributed by atoms with van der Waals surface area (Å²) in [5.74, 6) is 0.256. The minimum absolute atomic E-state index is 0.119. The molecule has 3 rings (SSSR count). The highest BCUT2D eigenvalue weighted by Crippen LogP contribution is 2.39. The largest absolute Gasteiger partial charge is 0.493 e. The van der Waals surface area contributed by atoms with E-state index in [-0.39, 0.29) is 23.1 Å². The average Bonchev–Trinajstić information content (AvgIpc) is 3.20. The van der Waals surface area contributed by atoms with Gasteiger partial charge in [0.05, 0.1) is 27.4 Å². The van der Waals surface area contributed by atoms with Crippen molar-refractivity contribution in [1.29, 1.82) is 0 Å². The predicted molar refractivity (Wildman–Crippen MR) is 109 cm³/mol. The third kappa shape index (κ3) is 4.32. The van der Waals surface area contributed by atoms with Crippen molar-refractivity contribution in [2.75, 3.05) is 27.9 Å². The molecule has 158 valence electrons. The van der Waals surface area contributed by atoms with Gasteiger partial charge in [-0.05, 0) is 31.2 Å². The molecule has 1 heterocycles. The molecule has 0 aliphatic rings. The molecule has 0 saturated heterocycles. The van der Waals surface area contributed by atoms with Gasteiger partial charge in [0, 0.05) is 5.39 Å². The number of methoxy groups -OCH3 is 3. The summed E-state index contributed by atoms with van der Waals surface area (Å²) in [6, 6.07) is 12.1. The van der Waals surface area contributed by atoms with Crippen LogP contribution < -0.4 is 19.5 Å². The van der Waals surface area contributed by atoms with Crippen molar-refractivity contribution in [3.8, 4) is 17.2 Å². The number of hydrogen-bond donors (Lipinski definition) is 1. The van der Waals surface area contributed by atoms with E-state index in [4.69, 9.17) is 23.4 Å². The Hall–Kier alpha value is -3.68. The van der Waals surface area contributed by atoms with Gasteiger partial charge in [-0.3, -0.25) is 4.79 Å². The molecule has 1 aromatic heterocycles. The molecule has 3 aromatic rings. The lowest BCUT2D eigenvalue weighted by Crippen LogP contribution is -2.31. The monoisotopic (exact) mass is 413 g/mol. The number of carbonyl (C=O) groups excluding carboxylic acids is 2. The number of furan rings is 1. The van der Waals surface area contributed by atoms with Crippen molar-refractivity contribution >= 4 is 22.8 Å². The van der Waals surface area contributed by atoms with Crippen LogP contribution >= 0.6 is 0 Å². The Morgan fingerprint density at radius 2 is 1.73 bits per heavy atom. The lowest BCUT2D eigenvalue weighted by molar-refractivity contribution is -0.125. The second-order valence-electron chi connectivity index (χ2n) is 6.43. The second-order valence-corrected chi connectivity index (χ2v) is 6.43. The number of benzene rings is 2. The number of fused-ring (bicyclic) bond motifs is 1. The Kier molecular flexibility index (Phi) is 6.46. The maximum absolute atomic E-state index is 12.5. The number of para-hydroxylation sites is 1. The van der Waals surface area contributed by atoms with Crippen LogP contribution in [0.5, 0.6) is 17.2 Å².